The second kappa shape index (κ2) is 10.3. The first-order chi connectivity index (χ1) is 15.6. The molecule has 0 atom stereocenters. The maximum absolute atomic E-state index is 10.7. The van der Waals surface area contributed by atoms with E-state index in [1.54, 1.807) is 12.3 Å². The number of aromatic nitrogens is 3. The van der Waals surface area contributed by atoms with Gasteiger partial charge >= 0.3 is 5.97 Å². The lowest BCUT2D eigenvalue weighted by Gasteiger charge is -2.12. The number of aryl methyl sites for hydroxylation is 3. The predicted molar refractivity (Wildman–Crippen MR) is 117 cm³/mol. The fourth-order valence-corrected chi connectivity index (χ4v) is 3.94. The molecule has 0 saturated heterocycles. The van der Waals surface area contributed by atoms with Gasteiger partial charge in [0.05, 0.1) is 12.2 Å². The lowest BCUT2D eigenvalue weighted by molar-refractivity contribution is -0.139. The van der Waals surface area contributed by atoms with Crippen molar-refractivity contribution in [2.24, 2.45) is 5.92 Å². The molecule has 0 spiro atoms. The third kappa shape index (κ3) is 5.63. The number of carbonyl (C=O) groups is 1. The predicted octanol–water partition coefficient (Wildman–Crippen LogP) is 4.26. The topological polar surface area (TPSA) is 108 Å². The summed E-state index contributed by atoms with van der Waals surface area (Å²) in [4.78, 5) is 19.6. The number of ether oxygens (including phenoxy) is 2. The molecular weight excluding hydrogens is 410 g/mol. The van der Waals surface area contributed by atoms with Gasteiger partial charge in [-0.2, -0.15) is 4.98 Å². The summed E-state index contributed by atoms with van der Waals surface area (Å²) in [6.45, 7) is 2.20. The molecule has 0 amide bonds. The van der Waals surface area contributed by atoms with E-state index in [2.05, 4.69) is 15.1 Å². The van der Waals surface area contributed by atoms with Crippen molar-refractivity contribution in [2.75, 3.05) is 13.2 Å². The number of nitrogens with zero attached hydrogens (tertiary/aromatic N) is 3. The molecule has 8 nitrogen and oxygen atoms in total. The summed E-state index contributed by atoms with van der Waals surface area (Å²) in [7, 11) is 0. The van der Waals surface area contributed by atoms with E-state index >= 15 is 0 Å². The summed E-state index contributed by atoms with van der Waals surface area (Å²) in [6.07, 6.45) is 7.96. The average molecular weight is 437 g/mol. The van der Waals surface area contributed by atoms with Gasteiger partial charge < -0.3 is 19.1 Å². The Morgan fingerprint density at radius 1 is 1.19 bits per heavy atom. The molecule has 1 N–H and O–H groups in total. The lowest BCUT2D eigenvalue weighted by atomic mass is 10.1. The van der Waals surface area contributed by atoms with Crippen LogP contribution in [-0.2, 0) is 17.6 Å². The third-order valence-corrected chi connectivity index (χ3v) is 5.63. The van der Waals surface area contributed by atoms with E-state index in [0.29, 0.717) is 48.7 Å². The van der Waals surface area contributed by atoms with Crippen LogP contribution in [0.15, 0.2) is 41.1 Å². The molecule has 2 heterocycles. The number of hydrogen-bond acceptors (Lipinski definition) is 7. The Hall–Kier alpha value is -3.42. The van der Waals surface area contributed by atoms with Crippen molar-refractivity contribution in [1.29, 1.82) is 0 Å². The van der Waals surface area contributed by atoms with Crippen LogP contribution in [0.25, 0.3) is 11.4 Å². The summed E-state index contributed by atoms with van der Waals surface area (Å²) < 4.78 is 16.7. The first-order valence-corrected chi connectivity index (χ1v) is 10.9. The largest absolute Gasteiger partial charge is 0.482 e. The van der Waals surface area contributed by atoms with Crippen LogP contribution in [0, 0.1) is 12.8 Å². The molecule has 0 radical (unpaired) electrons. The zero-order valence-electron chi connectivity index (χ0n) is 18.1. The van der Waals surface area contributed by atoms with Crippen molar-refractivity contribution < 1.29 is 23.9 Å². The van der Waals surface area contributed by atoms with E-state index in [9.17, 15) is 4.79 Å². The van der Waals surface area contributed by atoms with Crippen LogP contribution < -0.4 is 9.47 Å². The summed E-state index contributed by atoms with van der Waals surface area (Å²) >= 11 is 0. The zero-order chi connectivity index (χ0) is 22.3. The Labute approximate surface area is 186 Å². The van der Waals surface area contributed by atoms with Crippen LogP contribution in [0.1, 0.15) is 42.7 Å². The van der Waals surface area contributed by atoms with Crippen molar-refractivity contribution in [2.45, 2.75) is 45.4 Å². The van der Waals surface area contributed by atoms with Gasteiger partial charge in [-0.1, -0.05) is 30.1 Å². The molecule has 1 aliphatic carbocycles. The number of rotatable bonds is 10. The SMILES string of the molecule is Cc1cc(CCc2nc(-c3cccnc3OCC3CCCC3)no2)ccc1OCC(=O)O. The van der Waals surface area contributed by atoms with Crippen molar-refractivity contribution in [3.63, 3.8) is 0 Å². The highest BCUT2D eigenvalue weighted by Crippen LogP contribution is 2.29. The van der Waals surface area contributed by atoms with E-state index < -0.39 is 5.97 Å². The van der Waals surface area contributed by atoms with E-state index in [0.717, 1.165) is 16.7 Å². The van der Waals surface area contributed by atoms with Crippen molar-refractivity contribution in [3.05, 3.63) is 53.5 Å². The molecule has 0 unspecified atom stereocenters. The highest BCUT2D eigenvalue weighted by atomic mass is 16.5. The van der Waals surface area contributed by atoms with Crippen LogP contribution in [0.4, 0.5) is 0 Å². The van der Waals surface area contributed by atoms with E-state index in [4.69, 9.17) is 19.1 Å². The van der Waals surface area contributed by atoms with Gasteiger partial charge in [0.15, 0.2) is 6.61 Å². The monoisotopic (exact) mass is 437 g/mol. The highest BCUT2D eigenvalue weighted by Gasteiger charge is 2.19. The standard InChI is InChI=1S/C24H27N3O5/c1-16-13-17(8-10-20(16)30-15-22(28)29)9-11-21-26-23(27-32-21)19-7-4-12-25-24(19)31-14-18-5-2-3-6-18/h4,7-8,10,12-13,18H,2-3,5-6,9,11,14-15H2,1H3,(H,28,29). The van der Waals surface area contributed by atoms with Gasteiger partial charge in [0, 0.05) is 12.6 Å². The van der Waals surface area contributed by atoms with Crippen LogP contribution in [0.2, 0.25) is 0 Å². The summed E-state index contributed by atoms with van der Waals surface area (Å²) in [6, 6.07) is 9.41. The molecule has 0 aliphatic heterocycles. The number of carboxylic acid groups (broad SMARTS) is 1. The van der Waals surface area contributed by atoms with Gasteiger partial charge in [-0.25, -0.2) is 9.78 Å². The first kappa shape index (κ1) is 21.8. The minimum absolute atomic E-state index is 0.356. The minimum atomic E-state index is -0.999. The summed E-state index contributed by atoms with van der Waals surface area (Å²) in [5.74, 6) is 1.71. The van der Waals surface area contributed by atoms with E-state index in [1.165, 1.54) is 25.7 Å². The Bertz CT molecular complexity index is 1060. The van der Waals surface area contributed by atoms with Crippen molar-refractivity contribution >= 4 is 5.97 Å². The number of carboxylic acids is 1. The fourth-order valence-electron chi connectivity index (χ4n) is 3.94. The number of aliphatic carboxylic acids is 1. The van der Waals surface area contributed by atoms with Gasteiger partial charge in [0.1, 0.15) is 5.75 Å². The average Bonchev–Trinajstić information content (AvgIpc) is 3.48. The van der Waals surface area contributed by atoms with Gasteiger partial charge in [-0.05, 0) is 61.4 Å². The van der Waals surface area contributed by atoms with Crippen LogP contribution >= 0.6 is 0 Å². The quantitative estimate of drug-likeness (QED) is 0.501. The fraction of sp³-hybridized carbons (Fsp3) is 0.417. The van der Waals surface area contributed by atoms with Gasteiger partial charge in [-0.3, -0.25) is 0 Å². The molecule has 0 bridgehead atoms. The molecule has 32 heavy (non-hydrogen) atoms. The van der Waals surface area contributed by atoms with Crippen molar-refractivity contribution in [3.8, 4) is 23.0 Å². The molecule has 8 heteroatoms. The van der Waals surface area contributed by atoms with Gasteiger partial charge in [0.2, 0.25) is 17.6 Å². The van der Waals surface area contributed by atoms with Crippen molar-refractivity contribution in [1.82, 2.24) is 15.1 Å². The molecule has 168 valence electrons. The molecule has 2 aromatic heterocycles. The molecule has 1 aromatic carbocycles. The zero-order valence-corrected chi connectivity index (χ0v) is 18.1. The minimum Gasteiger partial charge on any atom is -0.482 e. The van der Waals surface area contributed by atoms with Crippen LogP contribution in [-0.4, -0.2) is 39.4 Å². The number of benzene rings is 1. The summed E-state index contributed by atoms with van der Waals surface area (Å²) in [5.41, 5.74) is 2.69. The Morgan fingerprint density at radius 3 is 2.81 bits per heavy atom. The highest BCUT2D eigenvalue weighted by molar-refractivity contribution is 5.68. The maximum Gasteiger partial charge on any atom is 0.341 e. The molecule has 3 aromatic rings. The smallest absolute Gasteiger partial charge is 0.341 e. The van der Waals surface area contributed by atoms with E-state index in [-0.39, 0.29) is 6.61 Å². The lowest BCUT2D eigenvalue weighted by Crippen LogP contribution is -2.10. The molecule has 1 fully saturated rings. The van der Waals surface area contributed by atoms with Crippen LogP contribution in [0.5, 0.6) is 11.6 Å². The van der Waals surface area contributed by atoms with Gasteiger partial charge in [0.25, 0.3) is 0 Å². The second-order valence-electron chi connectivity index (χ2n) is 8.11. The Kier molecular flexibility index (Phi) is 6.99. The van der Waals surface area contributed by atoms with E-state index in [1.807, 2.05) is 31.2 Å². The molecule has 1 saturated carbocycles. The maximum atomic E-state index is 10.7. The Morgan fingerprint density at radius 2 is 2.03 bits per heavy atom. The molecular formula is C24H27N3O5. The van der Waals surface area contributed by atoms with Gasteiger partial charge in [-0.15, -0.1) is 0 Å². The molecule has 1 aliphatic rings. The normalized spacial score (nSPS) is 13.9. The van der Waals surface area contributed by atoms with Crippen LogP contribution in [0.3, 0.4) is 0 Å². The second-order valence-corrected chi connectivity index (χ2v) is 8.11. The molecule has 4 rings (SSSR count). The first-order valence-electron chi connectivity index (χ1n) is 10.9. The number of pyridine rings is 1. The third-order valence-electron chi connectivity index (χ3n) is 5.63. The number of hydrogen-bond donors (Lipinski definition) is 1. The Balaban J connectivity index is 1.37. The summed E-state index contributed by atoms with van der Waals surface area (Å²) in [5, 5.41) is 12.9.